The molecule has 2 atom stereocenters. The quantitative estimate of drug-likeness (QED) is 0.879. The molecule has 0 aromatic heterocycles. The maximum absolute atomic E-state index is 12.7. The molecule has 2 unspecified atom stereocenters. The number of halogens is 1. The molecule has 126 valence electrons. The van der Waals surface area contributed by atoms with E-state index in [-0.39, 0.29) is 30.4 Å². The van der Waals surface area contributed by atoms with E-state index in [9.17, 15) is 4.79 Å². The average Bonchev–Trinajstić information content (AvgIpc) is 2.61. The summed E-state index contributed by atoms with van der Waals surface area (Å²) in [7, 11) is 0. The summed E-state index contributed by atoms with van der Waals surface area (Å²) in [5.74, 6) is 0.126. The molecule has 2 aromatic carbocycles. The lowest BCUT2D eigenvalue weighted by atomic mass is 9.87. The number of nitrogens with one attached hydrogen (secondary N) is 2. The SMILES string of the molecule is Cl.O=C(NC1CCCc2ccccc21)C1Cc2ccccc2CN1. The Morgan fingerprint density at radius 2 is 1.71 bits per heavy atom. The van der Waals surface area contributed by atoms with Gasteiger partial charge in [0.1, 0.15) is 0 Å². The second-order valence-electron chi connectivity index (χ2n) is 6.56. The summed E-state index contributed by atoms with van der Waals surface area (Å²) in [6, 6.07) is 16.9. The van der Waals surface area contributed by atoms with E-state index in [1.807, 2.05) is 0 Å². The number of fused-ring (bicyclic) bond motifs is 2. The van der Waals surface area contributed by atoms with Gasteiger partial charge in [-0.3, -0.25) is 4.79 Å². The summed E-state index contributed by atoms with van der Waals surface area (Å²) in [6.45, 7) is 0.773. The molecule has 1 aliphatic carbocycles. The number of hydrogen-bond acceptors (Lipinski definition) is 2. The first-order chi connectivity index (χ1) is 11.3. The first-order valence-corrected chi connectivity index (χ1v) is 8.49. The lowest BCUT2D eigenvalue weighted by molar-refractivity contribution is -0.124. The van der Waals surface area contributed by atoms with Crippen LogP contribution in [0.15, 0.2) is 48.5 Å². The van der Waals surface area contributed by atoms with Gasteiger partial charge in [0.15, 0.2) is 0 Å². The highest BCUT2D eigenvalue weighted by molar-refractivity contribution is 5.85. The van der Waals surface area contributed by atoms with Gasteiger partial charge in [0.25, 0.3) is 0 Å². The van der Waals surface area contributed by atoms with Crippen LogP contribution in [0.5, 0.6) is 0 Å². The third kappa shape index (κ3) is 3.33. The van der Waals surface area contributed by atoms with Crippen LogP contribution in [0.3, 0.4) is 0 Å². The van der Waals surface area contributed by atoms with E-state index in [1.54, 1.807) is 0 Å². The summed E-state index contributed by atoms with van der Waals surface area (Å²) in [5, 5.41) is 6.65. The van der Waals surface area contributed by atoms with Crippen LogP contribution in [0, 0.1) is 0 Å². The van der Waals surface area contributed by atoms with E-state index in [4.69, 9.17) is 0 Å². The number of carbonyl (C=O) groups excluding carboxylic acids is 1. The third-order valence-corrected chi connectivity index (χ3v) is 5.08. The number of rotatable bonds is 2. The molecule has 0 spiro atoms. The van der Waals surface area contributed by atoms with E-state index < -0.39 is 0 Å². The first-order valence-electron chi connectivity index (χ1n) is 8.49. The molecular formula is C20H23ClN2O. The molecule has 2 aliphatic rings. The van der Waals surface area contributed by atoms with Gasteiger partial charge in [-0.1, -0.05) is 48.5 Å². The van der Waals surface area contributed by atoms with Crippen LogP contribution in [-0.4, -0.2) is 11.9 Å². The van der Waals surface area contributed by atoms with Gasteiger partial charge in [-0.2, -0.15) is 0 Å². The first kappa shape index (κ1) is 17.0. The summed E-state index contributed by atoms with van der Waals surface area (Å²) < 4.78 is 0. The van der Waals surface area contributed by atoms with Crippen molar-refractivity contribution in [2.24, 2.45) is 0 Å². The van der Waals surface area contributed by atoms with Crippen LogP contribution in [-0.2, 0) is 24.2 Å². The summed E-state index contributed by atoms with van der Waals surface area (Å²) >= 11 is 0. The molecular weight excluding hydrogens is 320 g/mol. The van der Waals surface area contributed by atoms with Crippen LogP contribution in [0.25, 0.3) is 0 Å². The zero-order chi connectivity index (χ0) is 15.6. The lowest BCUT2D eigenvalue weighted by Crippen LogP contribution is -2.48. The highest BCUT2D eigenvalue weighted by Crippen LogP contribution is 2.29. The molecule has 0 saturated carbocycles. The maximum atomic E-state index is 12.7. The summed E-state index contributed by atoms with van der Waals surface area (Å²) in [4.78, 5) is 12.7. The van der Waals surface area contributed by atoms with Crippen molar-refractivity contribution in [2.75, 3.05) is 0 Å². The molecule has 1 aliphatic heterocycles. The van der Waals surface area contributed by atoms with Gasteiger partial charge in [0, 0.05) is 6.54 Å². The van der Waals surface area contributed by atoms with Crippen molar-refractivity contribution in [2.45, 2.75) is 44.3 Å². The average molecular weight is 343 g/mol. The van der Waals surface area contributed by atoms with Gasteiger partial charge in [0.05, 0.1) is 12.1 Å². The molecule has 0 fully saturated rings. The second-order valence-corrected chi connectivity index (χ2v) is 6.56. The standard InChI is InChI=1S/C20H22N2O.ClH/c23-20(19-12-15-7-1-2-8-16(15)13-21-19)22-18-11-5-9-14-6-3-4-10-17(14)18;/h1-4,6-8,10,18-19,21H,5,9,11-13H2,(H,22,23);1H. The Morgan fingerprint density at radius 1 is 1.00 bits per heavy atom. The lowest BCUT2D eigenvalue weighted by Gasteiger charge is -2.30. The molecule has 0 saturated heterocycles. The summed E-state index contributed by atoms with van der Waals surface area (Å²) in [6.07, 6.45) is 4.07. The molecule has 1 amide bonds. The molecule has 0 radical (unpaired) electrons. The van der Waals surface area contributed by atoms with Crippen molar-refractivity contribution in [3.8, 4) is 0 Å². The van der Waals surface area contributed by atoms with Crippen LogP contribution in [0.4, 0.5) is 0 Å². The zero-order valence-corrected chi connectivity index (χ0v) is 14.4. The second kappa shape index (κ2) is 7.37. The zero-order valence-electron chi connectivity index (χ0n) is 13.6. The number of amides is 1. The predicted octanol–water partition coefficient (Wildman–Crippen LogP) is 3.32. The normalized spacial score (nSPS) is 21.8. The Balaban J connectivity index is 0.00000169. The highest BCUT2D eigenvalue weighted by atomic mass is 35.5. The fraction of sp³-hybridized carbons (Fsp3) is 0.350. The van der Waals surface area contributed by atoms with E-state index in [2.05, 4.69) is 59.2 Å². The minimum atomic E-state index is -0.126. The van der Waals surface area contributed by atoms with Crippen molar-refractivity contribution in [3.05, 3.63) is 70.8 Å². The van der Waals surface area contributed by atoms with Crippen molar-refractivity contribution >= 4 is 18.3 Å². The predicted molar refractivity (Wildman–Crippen MR) is 98.3 cm³/mol. The molecule has 2 N–H and O–H groups in total. The number of aryl methyl sites for hydroxylation is 1. The van der Waals surface area contributed by atoms with Gasteiger partial charge < -0.3 is 10.6 Å². The number of benzene rings is 2. The molecule has 3 nitrogen and oxygen atoms in total. The van der Waals surface area contributed by atoms with Crippen LogP contribution in [0.1, 0.15) is 41.1 Å². The Kier molecular flexibility index (Phi) is 5.22. The Hall–Kier alpha value is -1.84. The Labute approximate surface area is 149 Å². The van der Waals surface area contributed by atoms with Crippen molar-refractivity contribution in [1.82, 2.24) is 10.6 Å². The fourth-order valence-corrected chi connectivity index (χ4v) is 3.82. The van der Waals surface area contributed by atoms with E-state index in [0.29, 0.717) is 0 Å². The molecule has 24 heavy (non-hydrogen) atoms. The van der Waals surface area contributed by atoms with Gasteiger partial charge in [0.2, 0.25) is 5.91 Å². The van der Waals surface area contributed by atoms with E-state index >= 15 is 0 Å². The minimum Gasteiger partial charge on any atom is -0.348 e. The van der Waals surface area contributed by atoms with Gasteiger partial charge in [-0.15, -0.1) is 12.4 Å². The topological polar surface area (TPSA) is 41.1 Å². The van der Waals surface area contributed by atoms with Crippen LogP contribution >= 0.6 is 12.4 Å². The monoisotopic (exact) mass is 342 g/mol. The Bertz CT molecular complexity index is 731. The fourth-order valence-electron chi connectivity index (χ4n) is 3.82. The van der Waals surface area contributed by atoms with E-state index in [0.717, 1.165) is 32.2 Å². The highest BCUT2D eigenvalue weighted by Gasteiger charge is 2.27. The van der Waals surface area contributed by atoms with Crippen LogP contribution < -0.4 is 10.6 Å². The number of carbonyl (C=O) groups is 1. The Morgan fingerprint density at radius 3 is 2.54 bits per heavy atom. The maximum Gasteiger partial charge on any atom is 0.237 e. The molecule has 1 heterocycles. The van der Waals surface area contributed by atoms with Crippen molar-refractivity contribution in [1.29, 1.82) is 0 Å². The minimum absolute atomic E-state index is 0. The molecule has 2 aromatic rings. The molecule has 4 heteroatoms. The molecule has 4 rings (SSSR count). The van der Waals surface area contributed by atoms with Crippen molar-refractivity contribution < 1.29 is 4.79 Å². The third-order valence-electron chi connectivity index (χ3n) is 5.08. The largest absolute Gasteiger partial charge is 0.348 e. The van der Waals surface area contributed by atoms with Gasteiger partial charge in [-0.25, -0.2) is 0 Å². The van der Waals surface area contributed by atoms with Gasteiger partial charge in [-0.05, 0) is 47.9 Å². The number of hydrogen-bond donors (Lipinski definition) is 2. The van der Waals surface area contributed by atoms with Gasteiger partial charge >= 0.3 is 0 Å². The van der Waals surface area contributed by atoms with Crippen molar-refractivity contribution in [3.63, 3.8) is 0 Å². The van der Waals surface area contributed by atoms with Crippen LogP contribution in [0.2, 0.25) is 0 Å². The molecule has 0 bridgehead atoms. The summed E-state index contributed by atoms with van der Waals surface area (Å²) in [5.41, 5.74) is 5.27. The van der Waals surface area contributed by atoms with E-state index in [1.165, 1.54) is 22.3 Å². The smallest absolute Gasteiger partial charge is 0.237 e.